The zero-order valence-electron chi connectivity index (χ0n) is 11.1. The maximum Gasteiger partial charge on any atom is 0.240 e. The molecule has 1 unspecified atom stereocenters. The Hall–Kier alpha value is -0.940. The molecule has 0 aromatic carbocycles. The molecule has 0 bridgehead atoms. The van der Waals surface area contributed by atoms with Crippen molar-refractivity contribution in [1.29, 1.82) is 0 Å². The number of aryl methyl sites for hydroxylation is 1. The van der Waals surface area contributed by atoms with Gasteiger partial charge in [-0.25, -0.2) is 4.98 Å². The molecule has 1 saturated heterocycles. The van der Waals surface area contributed by atoms with Crippen LogP contribution in [0.5, 0.6) is 0 Å². The standard InChI is InChI=1S/C13H21N3OS/c1-10-16-11(9-18-10)5-8-14-12(17)13(2)6-3-4-7-15-13/h9,15H,3-8H2,1-2H3,(H,14,17). The van der Waals surface area contributed by atoms with Crippen LogP contribution in [0.3, 0.4) is 0 Å². The van der Waals surface area contributed by atoms with Gasteiger partial charge in [-0.05, 0) is 39.7 Å². The van der Waals surface area contributed by atoms with Crippen molar-refractivity contribution < 1.29 is 4.79 Å². The number of amides is 1. The topological polar surface area (TPSA) is 54.0 Å². The molecule has 100 valence electrons. The van der Waals surface area contributed by atoms with Crippen molar-refractivity contribution in [3.05, 3.63) is 16.1 Å². The van der Waals surface area contributed by atoms with E-state index in [9.17, 15) is 4.79 Å². The molecule has 1 aliphatic heterocycles. The minimum atomic E-state index is -0.379. The van der Waals surface area contributed by atoms with E-state index in [2.05, 4.69) is 21.0 Å². The SMILES string of the molecule is Cc1nc(CCNC(=O)C2(C)CCCCN2)cs1. The number of hydrogen-bond donors (Lipinski definition) is 2. The summed E-state index contributed by atoms with van der Waals surface area (Å²) >= 11 is 1.65. The molecule has 2 N–H and O–H groups in total. The average molecular weight is 267 g/mol. The predicted octanol–water partition coefficient (Wildman–Crippen LogP) is 1.64. The Morgan fingerprint density at radius 2 is 2.44 bits per heavy atom. The highest BCUT2D eigenvalue weighted by atomic mass is 32.1. The maximum atomic E-state index is 12.1. The fourth-order valence-corrected chi connectivity index (χ4v) is 2.92. The van der Waals surface area contributed by atoms with Crippen molar-refractivity contribution in [2.75, 3.05) is 13.1 Å². The number of thiazole rings is 1. The van der Waals surface area contributed by atoms with Gasteiger partial charge in [-0.15, -0.1) is 11.3 Å². The van der Waals surface area contributed by atoms with Gasteiger partial charge in [-0.3, -0.25) is 4.79 Å². The normalized spacial score (nSPS) is 23.9. The second-order valence-electron chi connectivity index (χ2n) is 5.08. The maximum absolute atomic E-state index is 12.1. The highest BCUT2D eigenvalue weighted by Gasteiger charge is 2.33. The second kappa shape index (κ2) is 5.80. The van der Waals surface area contributed by atoms with E-state index < -0.39 is 0 Å². The van der Waals surface area contributed by atoms with Crippen LogP contribution in [-0.2, 0) is 11.2 Å². The van der Waals surface area contributed by atoms with Crippen LogP contribution in [0, 0.1) is 6.92 Å². The largest absolute Gasteiger partial charge is 0.354 e. The molecule has 0 aliphatic carbocycles. The van der Waals surface area contributed by atoms with E-state index in [1.807, 2.05) is 13.8 Å². The molecule has 0 saturated carbocycles. The summed E-state index contributed by atoms with van der Waals surface area (Å²) in [6.07, 6.45) is 4.03. The van der Waals surface area contributed by atoms with Crippen molar-refractivity contribution in [2.45, 2.75) is 45.1 Å². The molecule has 0 radical (unpaired) electrons. The zero-order valence-corrected chi connectivity index (χ0v) is 11.9. The zero-order chi connectivity index (χ0) is 13.0. The first-order chi connectivity index (χ1) is 8.60. The first kappa shape index (κ1) is 13.5. The third-order valence-electron chi connectivity index (χ3n) is 3.45. The number of rotatable bonds is 4. The van der Waals surface area contributed by atoms with Gasteiger partial charge in [0.05, 0.1) is 16.2 Å². The van der Waals surface area contributed by atoms with E-state index in [4.69, 9.17) is 0 Å². The molecule has 18 heavy (non-hydrogen) atoms. The number of hydrogen-bond acceptors (Lipinski definition) is 4. The Labute approximate surface area is 112 Å². The number of nitrogens with zero attached hydrogens (tertiary/aromatic N) is 1. The number of carbonyl (C=O) groups is 1. The van der Waals surface area contributed by atoms with Gasteiger partial charge in [0.1, 0.15) is 0 Å². The van der Waals surface area contributed by atoms with Crippen molar-refractivity contribution in [3.8, 4) is 0 Å². The third-order valence-corrected chi connectivity index (χ3v) is 4.28. The highest BCUT2D eigenvalue weighted by molar-refractivity contribution is 7.09. The smallest absolute Gasteiger partial charge is 0.240 e. The van der Waals surface area contributed by atoms with E-state index in [1.165, 1.54) is 6.42 Å². The third kappa shape index (κ3) is 3.29. The van der Waals surface area contributed by atoms with E-state index in [0.29, 0.717) is 6.54 Å². The first-order valence-electron chi connectivity index (χ1n) is 6.54. The van der Waals surface area contributed by atoms with Gasteiger partial charge in [-0.2, -0.15) is 0 Å². The summed E-state index contributed by atoms with van der Waals surface area (Å²) in [6, 6.07) is 0. The van der Waals surface area contributed by atoms with Crippen LogP contribution in [-0.4, -0.2) is 29.5 Å². The summed E-state index contributed by atoms with van der Waals surface area (Å²) in [5, 5.41) is 9.47. The Balaban J connectivity index is 1.77. The van der Waals surface area contributed by atoms with Gasteiger partial charge in [0, 0.05) is 18.3 Å². The van der Waals surface area contributed by atoms with Crippen LogP contribution >= 0.6 is 11.3 Å². The number of carbonyl (C=O) groups excluding carboxylic acids is 1. The van der Waals surface area contributed by atoms with Gasteiger partial charge >= 0.3 is 0 Å². The van der Waals surface area contributed by atoms with Gasteiger partial charge in [0.25, 0.3) is 0 Å². The molecular formula is C13H21N3OS. The Morgan fingerprint density at radius 3 is 3.06 bits per heavy atom. The molecule has 2 rings (SSSR count). The van der Waals surface area contributed by atoms with Crippen molar-refractivity contribution in [1.82, 2.24) is 15.6 Å². The lowest BCUT2D eigenvalue weighted by Gasteiger charge is -2.33. The molecule has 1 aromatic rings. The predicted molar refractivity (Wildman–Crippen MR) is 73.8 cm³/mol. The molecule has 2 heterocycles. The van der Waals surface area contributed by atoms with Crippen molar-refractivity contribution >= 4 is 17.2 Å². The molecule has 1 aliphatic rings. The fraction of sp³-hybridized carbons (Fsp3) is 0.692. The summed E-state index contributed by atoms with van der Waals surface area (Å²) in [6.45, 7) is 5.60. The highest BCUT2D eigenvalue weighted by Crippen LogP contribution is 2.18. The fourth-order valence-electron chi connectivity index (χ4n) is 2.27. The van der Waals surface area contributed by atoms with Crippen LogP contribution in [0.4, 0.5) is 0 Å². The van der Waals surface area contributed by atoms with Crippen molar-refractivity contribution in [2.24, 2.45) is 0 Å². The van der Waals surface area contributed by atoms with E-state index in [0.717, 1.165) is 36.5 Å². The summed E-state index contributed by atoms with van der Waals surface area (Å²) in [7, 11) is 0. The quantitative estimate of drug-likeness (QED) is 0.872. The lowest BCUT2D eigenvalue weighted by atomic mass is 9.90. The lowest BCUT2D eigenvalue weighted by Crippen LogP contribution is -2.57. The first-order valence-corrected chi connectivity index (χ1v) is 7.42. The average Bonchev–Trinajstić information content (AvgIpc) is 2.76. The molecule has 1 atom stereocenters. The Bertz CT molecular complexity index is 410. The Kier molecular flexibility index (Phi) is 4.35. The van der Waals surface area contributed by atoms with E-state index in [1.54, 1.807) is 11.3 Å². The number of aromatic nitrogens is 1. The molecule has 1 fully saturated rings. The van der Waals surface area contributed by atoms with E-state index in [-0.39, 0.29) is 11.4 Å². The summed E-state index contributed by atoms with van der Waals surface area (Å²) in [4.78, 5) is 16.5. The molecule has 0 spiro atoms. The van der Waals surface area contributed by atoms with Gasteiger partial charge in [0.2, 0.25) is 5.91 Å². The second-order valence-corrected chi connectivity index (χ2v) is 6.14. The molecular weight excluding hydrogens is 246 g/mol. The molecule has 1 amide bonds. The Morgan fingerprint density at radius 1 is 1.61 bits per heavy atom. The van der Waals surface area contributed by atoms with Gasteiger partial charge in [0.15, 0.2) is 0 Å². The lowest BCUT2D eigenvalue weighted by molar-refractivity contribution is -0.127. The molecule has 1 aromatic heterocycles. The minimum absolute atomic E-state index is 0.120. The number of piperidine rings is 1. The summed E-state index contributed by atoms with van der Waals surface area (Å²) in [5.41, 5.74) is 0.690. The van der Waals surface area contributed by atoms with Gasteiger partial charge < -0.3 is 10.6 Å². The van der Waals surface area contributed by atoms with Crippen LogP contribution in [0.15, 0.2) is 5.38 Å². The van der Waals surface area contributed by atoms with Crippen LogP contribution in [0.1, 0.15) is 36.9 Å². The van der Waals surface area contributed by atoms with E-state index >= 15 is 0 Å². The van der Waals surface area contributed by atoms with Crippen LogP contribution in [0.2, 0.25) is 0 Å². The summed E-state index contributed by atoms with van der Waals surface area (Å²) < 4.78 is 0. The summed E-state index contributed by atoms with van der Waals surface area (Å²) in [5.74, 6) is 0.120. The monoisotopic (exact) mass is 267 g/mol. The van der Waals surface area contributed by atoms with Crippen LogP contribution < -0.4 is 10.6 Å². The molecule has 5 heteroatoms. The molecule has 4 nitrogen and oxygen atoms in total. The minimum Gasteiger partial charge on any atom is -0.354 e. The van der Waals surface area contributed by atoms with Crippen LogP contribution in [0.25, 0.3) is 0 Å². The number of nitrogens with one attached hydrogen (secondary N) is 2. The van der Waals surface area contributed by atoms with Crippen molar-refractivity contribution in [3.63, 3.8) is 0 Å². The van der Waals surface area contributed by atoms with Gasteiger partial charge in [-0.1, -0.05) is 0 Å².